The van der Waals surface area contributed by atoms with Crippen molar-refractivity contribution in [3.05, 3.63) is 0 Å². The van der Waals surface area contributed by atoms with Gasteiger partial charge in [0.05, 0.1) is 6.04 Å². The minimum Gasteiger partial charge on any atom is -0.385 e. The Kier molecular flexibility index (Phi) is 7.28. The number of carbonyl (C=O) groups excluding carboxylic acids is 1. The maximum absolute atomic E-state index is 11.9. The monoisotopic (exact) mass is 256 g/mol. The molecule has 0 aromatic carbocycles. The summed E-state index contributed by atoms with van der Waals surface area (Å²) in [7, 11) is 1.66. The van der Waals surface area contributed by atoms with Gasteiger partial charge in [-0.25, -0.2) is 0 Å². The van der Waals surface area contributed by atoms with E-state index in [1.54, 1.807) is 7.11 Å². The summed E-state index contributed by atoms with van der Waals surface area (Å²) in [5.74, 6) is 0.623. The van der Waals surface area contributed by atoms with Gasteiger partial charge in [-0.2, -0.15) is 0 Å². The van der Waals surface area contributed by atoms with Crippen molar-refractivity contribution < 1.29 is 9.53 Å². The van der Waals surface area contributed by atoms with Crippen LogP contribution in [0, 0.1) is 5.92 Å². The van der Waals surface area contributed by atoms with Crippen molar-refractivity contribution in [2.75, 3.05) is 13.7 Å². The molecule has 18 heavy (non-hydrogen) atoms. The lowest BCUT2D eigenvalue weighted by Gasteiger charge is -2.29. The quantitative estimate of drug-likeness (QED) is 0.683. The standard InChI is InChI=1S/C14H28N2O2/c1-11(12-7-4-3-5-8-12)16-14(17)13(15)9-6-10-18-2/h11-13H,3-10,15H2,1-2H3,(H,16,17)/t11-,13?/m0/s1. The highest BCUT2D eigenvalue weighted by atomic mass is 16.5. The third kappa shape index (κ3) is 5.36. The Labute approximate surface area is 111 Å². The van der Waals surface area contributed by atoms with E-state index in [4.69, 9.17) is 10.5 Å². The molecule has 4 heteroatoms. The number of rotatable bonds is 7. The molecular formula is C14H28N2O2. The Hall–Kier alpha value is -0.610. The normalized spacial score (nSPS) is 20.4. The highest BCUT2D eigenvalue weighted by molar-refractivity contribution is 5.81. The minimum absolute atomic E-state index is 0.0100. The molecule has 0 aliphatic heterocycles. The molecular weight excluding hydrogens is 228 g/mol. The first-order valence-electron chi connectivity index (χ1n) is 7.20. The highest BCUT2D eigenvalue weighted by Crippen LogP contribution is 2.26. The van der Waals surface area contributed by atoms with Crippen LogP contribution in [0.15, 0.2) is 0 Å². The van der Waals surface area contributed by atoms with Crippen molar-refractivity contribution in [3.8, 4) is 0 Å². The van der Waals surface area contributed by atoms with E-state index in [2.05, 4.69) is 12.2 Å². The van der Waals surface area contributed by atoms with E-state index in [0.717, 1.165) is 6.42 Å². The second-order valence-corrected chi connectivity index (χ2v) is 5.44. The number of methoxy groups -OCH3 is 1. The summed E-state index contributed by atoms with van der Waals surface area (Å²) >= 11 is 0. The molecule has 0 heterocycles. The second kappa shape index (κ2) is 8.48. The molecule has 0 radical (unpaired) electrons. The first-order valence-corrected chi connectivity index (χ1v) is 7.20. The smallest absolute Gasteiger partial charge is 0.237 e. The van der Waals surface area contributed by atoms with Gasteiger partial charge in [-0.3, -0.25) is 4.79 Å². The number of amides is 1. The van der Waals surface area contributed by atoms with Crippen LogP contribution < -0.4 is 11.1 Å². The molecule has 1 aliphatic rings. The fourth-order valence-electron chi connectivity index (χ4n) is 2.66. The van der Waals surface area contributed by atoms with E-state index in [9.17, 15) is 4.79 Å². The Morgan fingerprint density at radius 2 is 2.06 bits per heavy atom. The van der Waals surface area contributed by atoms with Gasteiger partial charge < -0.3 is 15.8 Å². The number of hydrogen-bond acceptors (Lipinski definition) is 3. The molecule has 1 saturated carbocycles. The average molecular weight is 256 g/mol. The molecule has 0 spiro atoms. The van der Waals surface area contributed by atoms with Crippen molar-refractivity contribution in [3.63, 3.8) is 0 Å². The average Bonchev–Trinajstić information content (AvgIpc) is 2.39. The Morgan fingerprint density at radius 1 is 1.39 bits per heavy atom. The number of nitrogens with one attached hydrogen (secondary N) is 1. The predicted molar refractivity (Wildman–Crippen MR) is 73.3 cm³/mol. The van der Waals surface area contributed by atoms with Crippen LogP contribution >= 0.6 is 0 Å². The van der Waals surface area contributed by atoms with Crippen LogP contribution in [0.3, 0.4) is 0 Å². The molecule has 1 rings (SSSR count). The van der Waals surface area contributed by atoms with E-state index >= 15 is 0 Å². The minimum atomic E-state index is -0.397. The lowest BCUT2D eigenvalue weighted by atomic mass is 9.84. The van der Waals surface area contributed by atoms with Crippen LogP contribution in [-0.2, 0) is 9.53 Å². The van der Waals surface area contributed by atoms with Crippen molar-refractivity contribution in [1.29, 1.82) is 0 Å². The van der Waals surface area contributed by atoms with Gasteiger partial charge in [0.2, 0.25) is 5.91 Å². The molecule has 4 nitrogen and oxygen atoms in total. The van der Waals surface area contributed by atoms with E-state index < -0.39 is 6.04 Å². The second-order valence-electron chi connectivity index (χ2n) is 5.44. The summed E-state index contributed by atoms with van der Waals surface area (Å²) in [6.45, 7) is 2.77. The van der Waals surface area contributed by atoms with Crippen LogP contribution in [0.1, 0.15) is 51.9 Å². The van der Waals surface area contributed by atoms with Gasteiger partial charge in [0.1, 0.15) is 0 Å². The Morgan fingerprint density at radius 3 is 2.67 bits per heavy atom. The third-order valence-electron chi connectivity index (χ3n) is 3.93. The zero-order valence-corrected chi connectivity index (χ0v) is 11.8. The van der Waals surface area contributed by atoms with E-state index in [1.165, 1.54) is 32.1 Å². The van der Waals surface area contributed by atoms with E-state index in [0.29, 0.717) is 18.9 Å². The van der Waals surface area contributed by atoms with Gasteiger partial charge in [-0.05, 0) is 38.5 Å². The number of ether oxygens (including phenoxy) is 1. The van der Waals surface area contributed by atoms with E-state index in [-0.39, 0.29) is 11.9 Å². The fourth-order valence-corrected chi connectivity index (χ4v) is 2.66. The summed E-state index contributed by atoms with van der Waals surface area (Å²) in [6.07, 6.45) is 7.93. The number of carbonyl (C=O) groups is 1. The van der Waals surface area contributed by atoms with Crippen LogP contribution in [0.2, 0.25) is 0 Å². The molecule has 2 atom stereocenters. The molecule has 0 saturated heterocycles. The van der Waals surface area contributed by atoms with Crippen molar-refractivity contribution >= 4 is 5.91 Å². The van der Waals surface area contributed by atoms with Gasteiger partial charge in [0, 0.05) is 19.8 Å². The zero-order chi connectivity index (χ0) is 13.4. The largest absolute Gasteiger partial charge is 0.385 e. The van der Waals surface area contributed by atoms with Gasteiger partial charge >= 0.3 is 0 Å². The Balaban J connectivity index is 2.24. The van der Waals surface area contributed by atoms with Crippen LogP contribution in [0.5, 0.6) is 0 Å². The van der Waals surface area contributed by atoms with Crippen LogP contribution in [0.4, 0.5) is 0 Å². The van der Waals surface area contributed by atoms with Gasteiger partial charge in [-0.1, -0.05) is 19.3 Å². The molecule has 1 aliphatic carbocycles. The summed E-state index contributed by atoms with van der Waals surface area (Å²) in [5, 5.41) is 3.07. The first kappa shape index (κ1) is 15.4. The third-order valence-corrected chi connectivity index (χ3v) is 3.93. The highest BCUT2D eigenvalue weighted by Gasteiger charge is 2.23. The molecule has 1 amide bonds. The van der Waals surface area contributed by atoms with Gasteiger partial charge in [-0.15, -0.1) is 0 Å². The molecule has 1 unspecified atom stereocenters. The molecule has 1 fully saturated rings. The molecule has 3 N–H and O–H groups in total. The zero-order valence-electron chi connectivity index (χ0n) is 11.8. The predicted octanol–water partition coefficient (Wildman–Crippen LogP) is 1.83. The molecule has 0 aromatic rings. The number of nitrogens with two attached hydrogens (primary N) is 1. The first-order chi connectivity index (χ1) is 8.65. The van der Waals surface area contributed by atoms with Crippen LogP contribution in [0.25, 0.3) is 0 Å². The Bertz CT molecular complexity index is 240. The van der Waals surface area contributed by atoms with Crippen molar-refractivity contribution in [2.24, 2.45) is 11.7 Å². The SMILES string of the molecule is COCCCC(N)C(=O)N[C@@H](C)C1CCCCC1. The number of hydrogen-bond donors (Lipinski definition) is 2. The molecule has 0 bridgehead atoms. The molecule has 106 valence electrons. The lowest BCUT2D eigenvalue weighted by Crippen LogP contribution is -2.47. The summed E-state index contributed by atoms with van der Waals surface area (Å²) in [5.41, 5.74) is 5.87. The van der Waals surface area contributed by atoms with Crippen LogP contribution in [-0.4, -0.2) is 31.7 Å². The maximum Gasteiger partial charge on any atom is 0.237 e. The summed E-state index contributed by atoms with van der Waals surface area (Å²) in [6, 6.07) is -0.141. The topological polar surface area (TPSA) is 64.3 Å². The fraction of sp³-hybridized carbons (Fsp3) is 0.929. The maximum atomic E-state index is 11.9. The van der Waals surface area contributed by atoms with Gasteiger partial charge in [0.25, 0.3) is 0 Å². The lowest BCUT2D eigenvalue weighted by molar-refractivity contribution is -0.123. The van der Waals surface area contributed by atoms with Gasteiger partial charge in [0.15, 0.2) is 0 Å². The van der Waals surface area contributed by atoms with Crippen molar-refractivity contribution in [1.82, 2.24) is 5.32 Å². The summed E-state index contributed by atoms with van der Waals surface area (Å²) in [4.78, 5) is 11.9. The summed E-state index contributed by atoms with van der Waals surface area (Å²) < 4.78 is 4.96. The molecule has 0 aromatic heterocycles. The van der Waals surface area contributed by atoms with E-state index in [1.807, 2.05) is 0 Å². The van der Waals surface area contributed by atoms with Crippen molar-refractivity contribution in [2.45, 2.75) is 64.0 Å².